The first-order chi connectivity index (χ1) is 14.2. The van der Waals surface area contributed by atoms with E-state index in [1.807, 2.05) is 11.6 Å². The van der Waals surface area contributed by atoms with Crippen LogP contribution in [0.5, 0.6) is 0 Å². The summed E-state index contributed by atoms with van der Waals surface area (Å²) < 4.78 is 3.33. The first-order valence-electron chi connectivity index (χ1n) is 9.90. The molecular weight excluding hydrogens is 448 g/mol. The maximum atomic E-state index is 10.9. The lowest BCUT2D eigenvalue weighted by atomic mass is 10.2. The number of para-hydroxylation sites is 1. The summed E-state index contributed by atoms with van der Waals surface area (Å²) in [5.74, 6) is 0. The van der Waals surface area contributed by atoms with Gasteiger partial charge >= 0.3 is 0 Å². The molecule has 5 rings (SSSR count). The van der Waals surface area contributed by atoms with Gasteiger partial charge in [-0.3, -0.25) is 4.90 Å². The second-order valence-electron chi connectivity index (χ2n) is 7.55. The number of piperazine rings is 1. The number of fused-ring (bicyclic) bond motifs is 3. The lowest BCUT2D eigenvalue weighted by Crippen LogP contribution is -2.49. The van der Waals surface area contributed by atoms with Gasteiger partial charge in [0.25, 0.3) is 0 Å². The van der Waals surface area contributed by atoms with Gasteiger partial charge in [0.15, 0.2) is 5.13 Å². The first-order valence-corrected chi connectivity index (χ1v) is 11.6. The summed E-state index contributed by atoms with van der Waals surface area (Å²) in [5.41, 5.74) is 2.34. The van der Waals surface area contributed by atoms with Crippen molar-refractivity contribution in [2.24, 2.45) is 0 Å². The topological polar surface area (TPSA) is 44.5 Å². The zero-order valence-electron chi connectivity index (χ0n) is 16.0. The van der Waals surface area contributed by atoms with Crippen molar-refractivity contribution in [3.63, 3.8) is 0 Å². The standard InChI is InChI=1S/C22H23BrN4OS/c23-16-5-6-21-19(13-16)18-3-1-2-4-20(18)27(21)15-17(28)14-25-8-10-26(11-9-25)22-24-7-12-29-22/h1-7,12-13,17,28H,8-11,14-15H2. The van der Waals surface area contributed by atoms with E-state index >= 15 is 0 Å². The smallest absolute Gasteiger partial charge is 0.185 e. The molecule has 150 valence electrons. The third-order valence-electron chi connectivity index (χ3n) is 5.66. The van der Waals surface area contributed by atoms with Gasteiger partial charge < -0.3 is 14.6 Å². The summed E-state index contributed by atoms with van der Waals surface area (Å²) in [6, 6.07) is 14.8. The molecule has 2 aromatic carbocycles. The fourth-order valence-corrected chi connectivity index (χ4v) is 5.34. The number of benzene rings is 2. The van der Waals surface area contributed by atoms with Gasteiger partial charge in [-0.15, -0.1) is 11.3 Å². The van der Waals surface area contributed by atoms with Gasteiger partial charge in [-0.2, -0.15) is 0 Å². The molecule has 0 bridgehead atoms. The highest BCUT2D eigenvalue weighted by atomic mass is 79.9. The molecule has 1 N–H and O–H groups in total. The lowest BCUT2D eigenvalue weighted by Gasteiger charge is -2.35. The zero-order chi connectivity index (χ0) is 19.8. The summed E-state index contributed by atoms with van der Waals surface area (Å²) >= 11 is 5.28. The largest absolute Gasteiger partial charge is 0.390 e. The van der Waals surface area contributed by atoms with Crippen LogP contribution in [0.1, 0.15) is 0 Å². The number of hydrogen-bond donors (Lipinski definition) is 1. The van der Waals surface area contributed by atoms with Crippen LogP contribution in [0, 0.1) is 0 Å². The number of rotatable bonds is 5. The molecule has 3 heterocycles. The number of aliphatic hydroxyl groups excluding tert-OH is 1. The molecule has 5 nitrogen and oxygen atoms in total. The molecule has 29 heavy (non-hydrogen) atoms. The number of anilines is 1. The molecule has 0 amide bonds. The van der Waals surface area contributed by atoms with Crippen molar-refractivity contribution in [2.45, 2.75) is 12.6 Å². The van der Waals surface area contributed by atoms with E-state index in [-0.39, 0.29) is 0 Å². The van der Waals surface area contributed by atoms with E-state index in [0.717, 1.165) is 35.8 Å². The molecule has 2 aromatic heterocycles. The minimum Gasteiger partial charge on any atom is -0.390 e. The molecular formula is C22H23BrN4OS. The normalized spacial score (nSPS) is 16.7. The molecule has 1 atom stereocenters. The summed E-state index contributed by atoms with van der Waals surface area (Å²) in [6.07, 6.45) is 1.45. The Hall–Kier alpha value is -1.93. The summed E-state index contributed by atoms with van der Waals surface area (Å²) in [6.45, 7) is 5.12. The third-order valence-corrected chi connectivity index (χ3v) is 6.98. The van der Waals surface area contributed by atoms with Crippen molar-refractivity contribution in [1.29, 1.82) is 0 Å². The summed E-state index contributed by atoms with van der Waals surface area (Å²) in [4.78, 5) is 9.10. The fourth-order valence-electron chi connectivity index (χ4n) is 4.28. The summed E-state index contributed by atoms with van der Waals surface area (Å²) in [7, 11) is 0. The number of aliphatic hydroxyl groups is 1. The Bertz CT molecular complexity index is 1120. The van der Waals surface area contributed by atoms with E-state index in [4.69, 9.17) is 0 Å². The number of thiazole rings is 1. The molecule has 1 saturated heterocycles. The van der Waals surface area contributed by atoms with E-state index in [9.17, 15) is 5.11 Å². The number of aromatic nitrogens is 2. The molecule has 1 unspecified atom stereocenters. The monoisotopic (exact) mass is 470 g/mol. The average Bonchev–Trinajstić information content (AvgIpc) is 3.36. The predicted molar refractivity (Wildman–Crippen MR) is 124 cm³/mol. The van der Waals surface area contributed by atoms with Crippen molar-refractivity contribution >= 4 is 54.2 Å². The molecule has 0 spiro atoms. The first kappa shape index (κ1) is 19.1. The second kappa shape index (κ2) is 8.07. The van der Waals surface area contributed by atoms with Gasteiger partial charge in [0, 0.05) is 70.6 Å². The third kappa shape index (κ3) is 3.80. The predicted octanol–water partition coefficient (Wildman–Crippen LogP) is 4.20. The number of nitrogens with zero attached hydrogens (tertiary/aromatic N) is 4. The summed E-state index contributed by atoms with van der Waals surface area (Å²) in [5, 5.41) is 16.5. The van der Waals surface area contributed by atoms with Crippen LogP contribution in [-0.2, 0) is 6.54 Å². The van der Waals surface area contributed by atoms with Gasteiger partial charge in [-0.1, -0.05) is 34.1 Å². The van der Waals surface area contributed by atoms with Crippen LogP contribution in [0.25, 0.3) is 21.8 Å². The van der Waals surface area contributed by atoms with E-state index in [1.165, 1.54) is 21.8 Å². The Kier molecular flexibility index (Phi) is 5.30. The molecule has 4 aromatic rings. The Morgan fingerprint density at radius 2 is 1.79 bits per heavy atom. The zero-order valence-corrected chi connectivity index (χ0v) is 18.4. The van der Waals surface area contributed by atoms with Crippen LogP contribution in [0.3, 0.4) is 0 Å². The Morgan fingerprint density at radius 3 is 2.59 bits per heavy atom. The Labute approximate surface area is 182 Å². The van der Waals surface area contributed by atoms with Crippen molar-refractivity contribution in [3.05, 3.63) is 58.5 Å². The van der Waals surface area contributed by atoms with E-state index in [0.29, 0.717) is 13.1 Å². The molecule has 1 fully saturated rings. The van der Waals surface area contributed by atoms with Crippen molar-refractivity contribution in [2.75, 3.05) is 37.6 Å². The molecule has 0 saturated carbocycles. The average molecular weight is 471 g/mol. The Morgan fingerprint density at radius 1 is 1.00 bits per heavy atom. The number of hydrogen-bond acceptors (Lipinski definition) is 5. The second-order valence-corrected chi connectivity index (χ2v) is 9.33. The van der Waals surface area contributed by atoms with E-state index in [1.54, 1.807) is 11.3 Å². The molecule has 7 heteroatoms. The maximum absolute atomic E-state index is 10.9. The van der Waals surface area contributed by atoms with Gasteiger partial charge in [0.2, 0.25) is 0 Å². The van der Waals surface area contributed by atoms with Gasteiger partial charge in [-0.25, -0.2) is 4.98 Å². The highest BCUT2D eigenvalue weighted by Crippen LogP contribution is 2.31. The van der Waals surface area contributed by atoms with Crippen LogP contribution >= 0.6 is 27.3 Å². The van der Waals surface area contributed by atoms with Gasteiger partial charge in [-0.05, 0) is 24.3 Å². The van der Waals surface area contributed by atoms with E-state index in [2.05, 4.69) is 77.7 Å². The molecule has 1 aliphatic rings. The van der Waals surface area contributed by atoms with Crippen molar-refractivity contribution in [3.8, 4) is 0 Å². The fraction of sp³-hybridized carbons (Fsp3) is 0.318. The molecule has 1 aliphatic heterocycles. The lowest BCUT2D eigenvalue weighted by molar-refractivity contribution is 0.0969. The van der Waals surface area contributed by atoms with E-state index < -0.39 is 6.10 Å². The Balaban J connectivity index is 1.31. The number of β-amino-alcohol motifs (C(OH)–C–C–N with tert-alkyl or cyclic N) is 1. The van der Waals surface area contributed by atoms with Gasteiger partial charge in [0.05, 0.1) is 12.6 Å². The minimum atomic E-state index is -0.413. The minimum absolute atomic E-state index is 0.413. The highest BCUT2D eigenvalue weighted by Gasteiger charge is 2.21. The van der Waals surface area contributed by atoms with Crippen molar-refractivity contribution in [1.82, 2.24) is 14.5 Å². The maximum Gasteiger partial charge on any atom is 0.185 e. The van der Waals surface area contributed by atoms with Crippen LogP contribution in [0.4, 0.5) is 5.13 Å². The van der Waals surface area contributed by atoms with Crippen molar-refractivity contribution < 1.29 is 5.11 Å². The molecule has 0 radical (unpaired) electrons. The SMILES string of the molecule is OC(CN1CCN(c2nccs2)CC1)Cn1c2ccccc2c2cc(Br)ccc21. The van der Waals surface area contributed by atoms with Crippen LogP contribution in [0.15, 0.2) is 58.5 Å². The highest BCUT2D eigenvalue weighted by molar-refractivity contribution is 9.10. The van der Waals surface area contributed by atoms with Gasteiger partial charge in [0.1, 0.15) is 0 Å². The molecule has 0 aliphatic carbocycles. The van der Waals surface area contributed by atoms with Crippen LogP contribution in [-0.4, -0.2) is 58.4 Å². The van der Waals surface area contributed by atoms with Crippen LogP contribution < -0.4 is 4.90 Å². The number of halogens is 1. The van der Waals surface area contributed by atoms with Crippen LogP contribution in [0.2, 0.25) is 0 Å². The quantitative estimate of drug-likeness (QED) is 0.474.